The molecular formula is C17H16O2. The molecule has 0 aliphatic carbocycles. The van der Waals surface area contributed by atoms with Gasteiger partial charge in [-0.2, -0.15) is 0 Å². The molecule has 2 nitrogen and oxygen atoms in total. The standard InChI is InChI=1S/C17H16O2/c1-14(16-10-6-3-7-11-16)19-17(18)13-12-15-8-4-2-5-9-15/h2-14H,1H3. The van der Waals surface area contributed by atoms with E-state index in [1.165, 1.54) is 6.08 Å². The first-order valence-corrected chi connectivity index (χ1v) is 6.24. The van der Waals surface area contributed by atoms with E-state index in [0.717, 1.165) is 11.1 Å². The van der Waals surface area contributed by atoms with Gasteiger partial charge >= 0.3 is 5.97 Å². The van der Waals surface area contributed by atoms with Gasteiger partial charge in [-0.1, -0.05) is 60.7 Å². The van der Waals surface area contributed by atoms with Crippen LogP contribution in [0, 0.1) is 0 Å². The Hall–Kier alpha value is -2.35. The van der Waals surface area contributed by atoms with Crippen molar-refractivity contribution >= 4 is 12.0 Å². The van der Waals surface area contributed by atoms with Gasteiger partial charge in [0.2, 0.25) is 0 Å². The molecule has 0 saturated heterocycles. The quantitative estimate of drug-likeness (QED) is 0.607. The molecule has 19 heavy (non-hydrogen) atoms. The molecule has 0 saturated carbocycles. The summed E-state index contributed by atoms with van der Waals surface area (Å²) in [4.78, 5) is 11.7. The van der Waals surface area contributed by atoms with Crippen LogP contribution in [-0.4, -0.2) is 5.97 Å². The van der Waals surface area contributed by atoms with Crippen molar-refractivity contribution in [2.75, 3.05) is 0 Å². The Balaban J connectivity index is 1.93. The van der Waals surface area contributed by atoms with E-state index in [-0.39, 0.29) is 12.1 Å². The summed E-state index contributed by atoms with van der Waals surface area (Å²) < 4.78 is 5.33. The molecule has 96 valence electrons. The summed E-state index contributed by atoms with van der Waals surface area (Å²) in [6.45, 7) is 1.86. The van der Waals surface area contributed by atoms with Crippen LogP contribution in [-0.2, 0) is 9.53 Å². The fourth-order valence-electron chi connectivity index (χ4n) is 1.73. The van der Waals surface area contributed by atoms with Crippen molar-refractivity contribution in [3.05, 3.63) is 77.9 Å². The van der Waals surface area contributed by atoms with Crippen LogP contribution in [0.5, 0.6) is 0 Å². The SMILES string of the molecule is CC(OC(=O)C=Cc1ccccc1)c1ccccc1. The lowest BCUT2D eigenvalue weighted by Gasteiger charge is -2.11. The summed E-state index contributed by atoms with van der Waals surface area (Å²) in [6, 6.07) is 19.3. The van der Waals surface area contributed by atoms with Crippen molar-refractivity contribution in [1.29, 1.82) is 0 Å². The van der Waals surface area contributed by atoms with Gasteiger partial charge < -0.3 is 4.74 Å². The molecular weight excluding hydrogens is 236 g/mol. The van der Waals surface area contributed by atoms with Crippen LogP contribution >= 0.6 is 0 Å². The van der Waals surface area contributed by atoms with Crippen molar-refractivity contribution in [3.63, 3.8) is 0 Å². The van der Waals surface area contributed by atoms with Crippen molar-refractivity contribution in [2.45, 2.75) is 13.0 Å². The molecule has 0 aliphatic rings. The maximum atomic E-state index is 11.7. The monoisotopic (exact) mass is 252 g/mol. The molecule has 2 rings (SSSR count). The minimum absolute atomic E-state index is 0.242. The van der Waals surface area contributed by atoms with Crippen LogP contribution in [0.1, 0.15) is 24.2 Å². The molecule has 2 heteroatoms. The summed E-state index contributed by atoms with van der Waals surface area (Å²) >= 11 is 0. The molecule has 0 spiro atoms. The summed E-state index contributed by atoms with van der Waals surface area (Å²) in [7, 11) is 0. The summed E-state index contributed by atoms with van der Waals surface area (Å²) in [5, 5.41) is 0. The molecule has 2 aromatic carbocycles. The molecule has 1 atom stereocenters. The van der Waals surface area contributed by atoms with Gasteiger partial charge in [-0.15, -0.1) is 0 Å². The number of carbonyl (C=O) groups is 1. The second kappa shape index (κ2) is 6.55. The van der Waals surface area contributed by atoms with E-state index in [0.29, 0.717) is 0 Å². The third-order valence-electron chi connectivity index (χ3n) is 2.77. The normalized spacial score (nSPS) is 12.3. The van der Waals surface area contributed by atoms with Gasteiger partial charge in [0.1, 0.15) is 6.10 Å². The van der Waals surface area contributed by atoms with E-state index >= 15 is 0 Å². The van der Waals surface area contributed by atoms with Gasteiger partial charge in [-0.05, 0) is 24.1 Å². The van der Waals surface area contributed by atoms with Crippen molar-refractivity contribution in [3.8, 4) is 0 Å². The van der Waals surface area contributed by atoms with Crippen LogP contribution in [0.2, 0.25) is 0 Å². The molecule has 0 amide bonds. The van der Waals surface area contributed by atoms with Crippen LogP contribution in [0.3, 0.4) is 0 Å². The second-order valence-electron chi connectivity index (χ2n) is 4.23. The first-order chi connectivity index (χ1) is 9.25. The molecule has 0 bridgehead atoms. The highest BCUT2D eigenvalue weighted by Crippen LogP contribution is 2.16. The van der Waals surface area contributed by atoms with E-state index in [1.807, 2.05) is 67.6 Å². The van der Waals surface area contributed by atoms with Crippen LogP contribution in [0.15, 0.2) is 66.7 Å². The number of hydrogen-bond donors (Lipinski definition) is 0. The Kier molecular flexibility index (Phi) is 4.51. The number of rotatable bonds is 4. The van der Waals surface area contributed by atoms with Gasteiger partial charge in [0, 0.05) is 6.08 Å². The number of esters is 1. The summed E-state index contributed by atoms with van der Waals surface area (Å²) in [6.07, 6.45) is 2.96. The van der Waals surface area contributed by atoms with E-state index in [1.54, 1.807) is 6.08 Å². The van der Waals surface area contributed by atoms with Crippen LogP contribution in [0.25, 0.3) is 6.08 Å². The topological polar surface area (TPSA) is 26.3 Å². The first kappa shape index (κ1) is 13.1. The third-order valence-corrected chi connectivity index (χ3v) is 2.77. The number of benzene rings is 2. The number of carbonyl (C=O) groups excluding carboxylic acids is 1. The first-order valence-electron chi connectivity index (χ1n) is 6.24. The summed E-state index contributed by atoms with van der Waals surface area (Å²) in [5.41, 5.74) is 1.97. The Bertz CT molecular complexity index is 544. The van der Waals surface area contributed by atoms with Gasteiger partial charge in [0.15, 0.2) is 0 Å². The smallest absolute Gasteiger partial charge is 0.331 e. The highest BCUT2D eigenvalue weighted by molar-refractivity contribution is 5.87. The Morgan fingerprint density at radius 3 is 2.21 bits per heavy atom. The average Bonchev–Trinajstić information content (AvgIpc) is 2.47. The minimum atomic E-state index is -0.333. The molecule has 0 aliphatic heterocycles. The predicted molar refractivity (Wildman–Crippen MR) is 76.4 cm³/mol. The predicted octanol–water partition coefficient (Wildman–Crippen LogP) is 4.00. The molecule has 2 aromatic rings. The Morgan fingerprint density at radius 1 is 1.00 bits per heavy atom. The fourth-order valence-corrected chi connectivity index (χ4v) is 1.73. The van der Waals surface area contributed by atoms with Crippen LogP contribution in [0.4, 0.5) is 0 Å². The third kappa shape index (κ3) is 4.11. The number of ether oxygens (including phenoxy) is 1. The second-order valence-corrected chi connectivity index (χ2v) is 4.23. The van der Waals surface area contributed by atoms with Gasteiger partial charge in [-0.25, -0.2) is 4.79 Å². The molecule has 0 aromatic heterocycles. The lowest BCUT2D eigenvalue weighted by molar-refractivity contribution is -0.142. The fraction of sp³-hybridized carbons (Fsp3) is 0.118. The Morgan fingerprint density at radius 2 is 1.58 bits per heavy atom. The van der Waals surface area contributed by atoms with Crippen molar-refractivity contribution < 1.29 is 9.53 Å². The van der Waals surface area contributed by atoms with Crippen LogP contribution < -0.4 is 0 Å². The summed E-state index contributed by atoms with van der Waals surface area (Å²) in [5.74, 6) is -0.333. The molecule has 0 fully saturated rings. The number of hydrogen-bond acceptors (Lipinski definition) is 2. The van der Waals surface area contributed by atoms with Gasteiger partial charge in [0.05, 0.1) is 0 Å². The average molecular weight is 252 g/mol. The highest BCUT2D eigenvalue weighted by Gasteiger charge is 2.08. The minimum Gasteiger partial charge on any atom is -0.455 e. The highest BCUT2D eigenvalue weighted by atomic mass is 16.5. The maximum absolute atomic E-state index is 11.7. The van der Waals surface area contributed by atoms with Crippen molar-refractivity contribution in [1.82, 2.24) is 0 Å². The maximum Gasteiger partial charge on any atom is 0.331 e. The van der Waals surface area contributed by atoms with E-state index in [4.69, 9.17) is 4.74 Å². The zero-order valence-corrected chi connectivity index (χ0v) is 10.8. The Labute approximate surface area is 113 Å². The van der Waals surface area contributed by atoms with Gasteiger partial charge in [-0.3, -0.25) is 0 Å². The largest absolute Gasteiger partial charge is 0.455 e. The van der Waals surface area contributed by atoms with E-state index in [9.17, 15) is 4.79 Å². The lowest BCUT2D eigenvalue weighted by Crippen LogP contribution is -2.05. The molecule has 0 radical (unpaired) electrons. The molecule has 0 heterocycles. The molecule has 1 unspecified atom stereocenters. The van der Waals surface area contributed by atoms with E-state index < -0.39 is 0 Å². The lowest BCUT2D eigenvalue weighted by atomic mass is 10.1. The molecule has 0 N–H and O–H groups in total. The zero-order valence-electron chi connectivity index (χ0n) is 10.8. The zero-order chi connectivity index (χ0) is 13.5. The van der Waals surface area contributed by atoms with Crippen molar-refractivity contribution in [2.24, 2.45) is 0 Å². The van der Waals surface area contributed by atoms with E-state index in [2.05, 4.69) is 0 Å². The van der Waals surface area contributed by atoms with Gasteiger partial charge in [0.25, 0.3) is 0 Å².